The number of rotatable bonds is 5. The second-order valence-electron chi connectivity index (χ2n) is 4.79. The predicted molar refractivity (Wildman–Crippen MR) is 81.6 cm³/mol. The number of aromatic nitrogens is 1. The number of carboxylic acid groups (broad SMARTS) is 1. The van der Waals surface area contributed by atoms with Crippen molar-refractivity contribution in [2.45, 2.75) is 26.7 Å². The third-order valence-corrected chi connectivity index (χ3v) is 4.38. The topological polar surface area (TPSA) is 62.2 Å². The molecule has 20 heavy (non-hydrogen) atoms. The SMILES string of the molecule is Cc1ccccc1C(CNc1nc(C)c(C)s1)C(=O)O. The van der Waals surface area contributed by atoms with Crippen LogP contribution in [0.15, 0.2) is 24.3 Å². The largest absolute Gasteiger partial charge is 0.481 e. The van der Waals surface area contributed by atoms with Gasteiger partial charge in [-0.1, -0.05) is 24.3 Å². The molecule has 0 aliphatic heterocycles. The van der Waals surface area contributed by atoms with Crippen LogP contribution in [0.4, 0.5) is 5.13 Å². The third kappa shape index (κ3) is 3.17. The van der Waals surface area contributed by atoms with Crippen LogP contribution >= 0.6 is 11.3 Å². The Hall–Kier alpha value is -1.88. The van der Waals surface area contributed by atoms with Crippen LogP contribution < -0.4 is 5.32 Å². The lowest BCUT2D eigenvalue weighted by Gasteiger charge is -2.15. The molecule has 0 fully saturated rings. The molecule has 0 aliphatic rings. The van der Waals surface area contributed by atoms with Gasteiger partial charge in [0.05, 0.1) is 11.6 Å². The molecular weight excluding hydrogens is 272 g/mol. The van der Waals surface area contributed by atoms with E-state index in [1.165, 1.54) is 0 Å². The number of aliphatic carboxylic acids is 1. The number of carbonyl (C=O) groups is 1. The average molecular weight is 290 g/mol. The zero-order valence-corrected chi connectivity index (χ0v) is 12.6. The molecular formula is C15H18N2O2S. The lowest BCUT2D eigenvalue weighted by Crippen LogP contribution is -2.21. The molecule has 0 saturated heterocycles. The van der Waals surface area contributed by atoms with E-state index in [1.54, 1.807) is 11.3 Å². The van der Waals surface area contributed by atoms with Gasteiger partial charge in [-0.25, -0.2) is 4.98 Å². The summed E-state index contributed by atoms with van der Waals surface area (Å²) in [5.41, 5.74) is 2.82. The number of anilines is 1. The number of hydrogen-bond acceptors (Lipinski definition) is 4. The molecule has 5 heteroatoms. The molecule has 2 N–H and O–H groups in total. The highest BCUT2D eigenvalue weighted by Gasteiger charge is 2.21. The van der Waals surface area contributed by atoms with Crippen molar-refractivity contribution in [2.24, 2.45) is 0 Å². The van der Waals surface area contributed by atoms with Crippen molar-refractivity contribution in [3.8, 4) is 0 Å². The van der Waals surface area contributed by atoms with E-state index in [0.29, 0.717) is 6.54 Å². The summed E-state index contributed by atoms with van der Waals surface area (Å²) in [7, 11) is 0. The Kier molecular flexibility index (Phi) is 4.39. The van der Waals surface area contributed by atoms with E-state index in [9.17, 15) is 9.90 Å². The standard InChI is InChI=1S/C15H18N2O2S/c1-9-6-4-5-7-12(9)13(14(18)19)8-16-15-17-10(2)11(3)20-15/h4-7,13H,8H2,1-3H3,(H,16,17)(H,18,19). The zero-order valence-electron chi connectivity index (χ0n) is 11.8. The van der Waals surface area contributed by atoms with Crippen molar-refractivity contribution in [1.29, 1.82) is 0 Å². The Morgan fingerprint density at radius 3 is 2.60 bits per heavy atom. The first kappa shape index (κ1) is 14.5. The normalized spacial score (nSPS) is 12.2. The van der Waals surface area contributed by atoms with Gasteiger partial charge in [-0.15, -0.1) is 11.3 Å². The highest BCUT2D eigenvalue weighted by molar-refractivity contribution is 7.15. The molecule has 4 nitrogen and oxygen atoms in total. The van der Waals surface area contributed by atoms with Crippen molar-refractivity contribution in [1.82, 2.24) is 4.98 Å². The van der Waals surface area contributed by atoms with Crippen molar-refractivity contribution in [3.05, 3.63) is 46.0 Å². The first-order valence-electron chi connectivity index (χ1n) is 6.45. The van der Waals surface area contributed by atoms with Gasteiger partial charge in [0.2, 0.25) is 0 Å². The maximum absolute atomic E-state index is 11.5. The monoisotopic (exact) mass is 290 g/mol. The Labute approximate surface area is 122 Å². The highest BCUT2D eigenvalue weighted by atomic mass is 32.1. The maximum Gasteiger partial charge on any atom is 0.312 e. The molecule has 0 radical (unpaired) electrons. The summed E-state index contributed by atoms with van der Waals surface area (Å²) >= 11 is 1.55. The third-order valence-electron chi connectivity index (χ3n) is 3.35. The van der Waals surface area contributed by atoms with Gasteiger partial charge in [0.25, 0.3) is 0 Å². The Balaban J connectivity index is 2.15. The van der Waals surface area contributed by atoms with Crippen molar-refractivity contribution in [2.75, 3.05) is 11.9 Å². The number of aryl methyl sites for hydroxylation is 3. The number of nitrogens with one attached hydrogen (secondary N) is 1. The van der Waals surface area contributed by atoms with Gasteiger partial charge >= 0.3 is 5.97 Å². The predicted octanol–water partition coefficient (Wildman–Crippen LogP) is 3.35. The molecule has 2 aromatic rings. The summed E-state index contributed by atoms with van der Waals surface area (Å²) in [6.45, 7) is 6.23. The quantitative estimate of drug-likeness (QED) is 0.886. The number of nitrogens with zero attached hydrogens (tertiary/aromatic N) is 1. The van der Waals surface area contributed by atoms with Gasteiger partial charge in [0.1, 0.15) is 0 Å². The molecule has 106 valence electrons. The van der Waals surface area contributed by atoms with E-state index >= 15 is 0 Å². The first-order valence-corrected chi connectivity index (χ1v) is 7.27. The van der Waals surface area contributed by atoms with Crippen LogP contribution in [0.25, 0.3) is 0 Å². The van der Waals surface area contributed by atoms with Crippen LogP contribution in [-0.4, -0.2) is 22.6 Å². The Morgan fingerprint density at radius 1 is 1.35 bits per heavy atom. The van der Waals surface area contributed by atoms with Gasteiger partial charge in [0.15, 0.2) is 5.13 Å². The molecule has 0 bridgehead atoms. The number of thiazole rings is 1. The second-order valence-corrected chi connectivity index (χ2v) is 5.99. The van der Waals surface area contributed by atoms with E-state index in [0.717, 1.165) is 26.8 Å². The van der Waals surface area contributed by atoms with E-state index in [4.69, 9.17) is 0 Å². The molecule has 1 aromatic heterocycles. The minimum Gasteiger partial charge on any atom is -0.481 e. The summed E-state index contributed by atoms with van der Waals surface area (Å²) in [6, 6.07) is 7.59. The fourth-order valence-corrected chi connectivity index (χ4v) is 2.87. The smallest absolute Gasteiger partial charge is 0.312 e. The Morgan fingerprint density at radius 2 is 2.05 bits per heavy atom. The van der Waals surface area contributed by atoms with Crippen LogP contribution in [-0.2, 0) is 4.79 Å². The summed E-state index contributed by atoms with van der Waals surface area (Å²) in [6.07, 6.45) is 0. The molecule has 0 spiro atoms. The second kappa shape index (κ2) is 6.05. The summed E-state index contributed by atoms with van der Waals surface area (Å²) in [5, 5.41) is 13.3. The van der Waals surface area contributed by atoms with Crippen molar-refractivity contribution < 1.29 is 9.90 Å². The summed E-state index contributed by atoms with van der Waals surface area (Å²) < 4.78 is 0. The van der Waals surface area contributed by atoms with Gasteiger partial charge < -0.3 is 10.4 Å². The highest BCUT2D eigenvalue weighted by Crippen LogP contribution is 2.24. The number of benzene rings is 1. The Bertz CT molecular complexity index is 603. The zero-order chi connectivity index (χ0) is 14.7. The van der Waals surface area contributed by atoms with Crippen LogP contribution in [0.5, 0.6) is 0 Å². The minimum atomic E-state index is -0.822. The number of carboxylic acids is 1. The van der Waals surface area contributed by atoms with E-state index < -0.39 is 11.9 Å². The van der Waals surface area contributed by atoms with E-state index in [1.807, 2.05) is 45.0 Å². The van der Waals surface area contributed by atoms with E-state index in [2.05, 4.69) is 10.3 Å². The maximum atomic E-state index is 11.5. The minimum absolute atomic E-state index is 0.340. The lowest BCUT2D eigenvalue weighted by molar-refractivity contribution is -0.138. The van der Waals surface area contributed by atoms with Crippen LogP contribution in [0.2, 0.25) is 0 Å². The molecule has 1 atom stereocenters. The molecule has 0 aliphatic carbocycles. The van der Waals surface area contributed by atoms with Crippen LogP contribution in [0, 0.1) is 20.8 Å². The molecule has 0 amide bonds. The fourth-order valence-electron chi connectivity index (χ4n) is 2.05. The molecule has 1 aromatic carbocycles. The van der Waals surface area contributed by atoms with Gasteiger partial charge in [-0.2, -0.15) is 0 Å². The summed E-state index contributed by atoms with van der Waals surface area (Å²) in [4.78, 5) is 17.0. The average Bonchev–Trinajstić information content (AvgIpc) is 2.71. The van der Waals surface area contributed by atoms with Crippen molar-refractivity contribution >= 4 is 22.4 Å². The van der Waals surface area contributed by atoms with Crippen LogP contribution in [0.3, 0.4) is 0 Å². The van der Waals surface area contributed by atoms with Gasteiger partial charge in [0, 0.05) is 11.4 Å². The lowest BCUT2D eigenvalue weighted by atomic mass is 9.95. The van der Waals surface area contributed by atoms with Crippen LogP contribution in [0.1, 0.15) is 27.6 Å². The van der Waals surface area contributed by atoms with Gasteiger partial charge in [-0.05, 0) is 31.9 Å². The summed E-state index contributed by atoms with van der Waals surface area (Å²) in [5.74, 6) is -1.39. The molecule has 2 rings (SSSR count). The van der Waals surface area contributed by atoms with Crippen molar-refractivity contribution in [3.63, 3.8) is 0 Å². The van der Waals surface area contributed by atoms with E-state index in [-0.39, 0.29) is 0 Å². The fraction of sp³-hybridized carbons (Fsp3) is 0.333. The van der Waals surface area contributed by atoms with Gasteiger partial charge in [-0.3, -0.25) is 4.79 Å². The molecule has 1 unspecified atom stereocenters. The first-order chi connectivity index (χ1) is 9.49. The molecule has 1 heterocycles. The number of hydrogen-bond donors (Lipinski definition) is 2. The molecule has 0 saturated carbocycles.